The van der Waals surface area contributed by atoms with Gasteiger partial charge in [0.15, 0.2) is 11.5 Å². The fourth-order valence-corrected chi connectivity index (χ4v) is 5.43. The van der Waals surface area contributed by atoms with Crippen LogP contribution in [0.15, 0.2) is 110 Å². The molecule has 0 fully saturated rings. The molecule has 0 spiro atoms. The quantitative estimate of drug-likeness (QED) is 0.388. The van der Waals surface area contributed by atoms with Crippen LogP contribution >= 0.6 is 23.5 Å². The molecule has 0 bridgehead atoms. The summed E-state index contributed by atoms with van der Waals surface area (Å²) in [6.45, 7) is 0. The minimum Gasteiger partial charge on any atom is -0.452 e. The van der Waals surface area contributed by atoms with Crippen molar-refractivity contribution in [3.8, 4) is 16.9 Å². The predicted molar refractivity (Wildman–Crippen MR) is 114 cm³/mol. The van der Waals surface area contributed by atoms with Crippen molar-refractivity contribution in [1.29, 1.82) is 0 Å². The zero-order chi connectivity index (χ0) is 19.8. The maximum atomic E-state index is 12.1. The Morgan fingerprint density at radius 3 is 2.21 bits per heavy atom. The summed E-state index contributed by atoms with van der Waals surface area (Å²) in [6, 6.07) is 22.2. The maximum Gasteiger partial charge on any atom is 0.221 e. The zero-order valence-electron chi connectivity index (χ0n) is 15.1. The minimum atomic E-state index is -0.312. The number of hydrogen-bond acceptors (Lipinski definition) is 5. The van der Waals surface area contributed by atoms with E-state index in [0.29, 0.717) is 5.75 Å². The van der Waals surface area contributed by atoms with Gasteiger partial charge in [-0.05, 0) is 48.0 Å². The highest BCUT2D eigenvalue weighted by molar-refractivity contribution is 8.05. The van der Waals surface area contributed by atoms with Crippen molar-refractivity contribution >= 4 is 35.1 Å². The molecule has 5 heteroatoms. The molecule has 1 aliphatic carbocycles. The summed E-state index contributed by atoms with van der Waals surface area (Å²) >= 11 is 3.52. The molecule has 0 aromatic heterocycles. The van der Waals surface area contributed by atoms with Crippen LogP contribution in [0.3, 0.4) is 0 Å². The van der Waals surface area contributed by atoms with E-state index in [1.54, 1.807) is 23.5 Å². The highest BCUT2D eigenvalue weighted by Gasteiger charge is 2.20. The number of rotatable bonds is 3. The predicted octanol–water partition coefficient (Wildman–Crippen LogP) is 5.94. The SMILES string of the molecule is O=C1C=CC(=O)C(Oc2ccccc2-c2ccc3c(c2)Sc2ccccc2S3)=C1. The Hall–Kier alpha value is -3.02. The van der Waals surface area contributed by atoms with Crippen LogP contribution in [0.1, 0.15) is 0 Å². The fraction of sp³-hybridized carbons (Fsp3) is 0. The standard InChI is InChI=1S/C24H14O3S2/c25-16-10-11-18(26)20(14-16)27-19-6-2-1-5-17(19)15-9-12-23-24(13-15)29-22-8-4-3-7-21(22)28-23/h1-14H. The summed E-state index contributed by atoms with van der Waals surface area (Å²) in [5, 5.41) is 0. The minimum absolute atomic E-state index is 0.0433. The second kappa shape index (κ2) is 7.43. The van der Waals surface area contributed by atoms with Gasteiger partial charge in [-0.1, -0.05) is 59.9 Å². The number of carbonyl (C=O) groups is 2. The molecular weight excluding hydrogens is 400 g/mol. The number of ether oxygens (including phenoxy) is 1. The van der Waals surface area contributed by atoms with Crippen LogP contribution in [-0.4, -0.2) is 11.6 Å². The molecular formula is C24H14O3S2. The van der Waals surface area contributed by atoms with E-state index < -0.39 is 0 Å². The van der Waals surface area contributed by atoms with E-state index in [-0.39, 0.29) is 17.3 Å². The van der Waals surface area contributed by atoms with Crippen LogP contribution in [0.2, 0.25) is 0 Å². The average Bonchev–Trinajstić information content (AvgIpc) is 2.75. The number of benzene rings is 3. The Balaban J connectivity index is 1.50. The van der Waals surface area contributed by atoms with E-state index in [1.807, 2.05) is 24.3 Å². The van der Waals surface area contributed by atoms with E-state index in [0.717, 1.165) is 11.1 Å². The monoisotopic (exact) mass is 414 g/mol. The third-order valence-corrected chi connectivity index (χ3v) is 7.11. The Kier molecular flexibility index (Phi) is 4.62. The highest BCUT2D eigenvalue weighted by Crippen LogP contribution is 2.49. The number of fused-ring (bicyclic) bond motifs is 2. The molecule has 0 unspecified atom stereocenters. The van der Waals surface area contributed by atoms with Gasteiger partial charge in [-0.3, -0.25) is 9.59 Å². The molecule has 1 heterocycles. The van der Waals surface area contributed by atoms with Gasteiger partial charge in [0.25, 0.3) is 0 Å². The smallest absolute Gasteiger partial charge is 0.221 e. The van der Waals surface area contributed by atoms with Crippen LogP contribution in [0.25, 0.3) is 11.1 Å². The second-order valence-electron chi connectivity index (χ2n) is 6.52. The highest BCUT2D eigenvalue weighted by atomic mass is 32.2. The van der Waals surface area contributed by atoms with Crippen LogP contribution in [0, 0.1) is 0 Å². The van der Waals surface area contributed by atoms with Gasteiger partial charge in [0.2, 0.25) is 5.78 Å². The number of ketones is 2. The van der Waals surface area contributed by atoms with Gasteiger partial charge in [0.1, 0.15) is 5.75 Å². The molecule has 3 aromatic carbocycles. The fourth-order valence-electron chi connectivity index (χ4n) is 3.18. The number of carbonyl (C=O) groups excluding carboxylic acids is 2. The third kappa shape index (κ3) is 3.55. The van der Waals surface area contributed by atoms with Gasteiger partial charge in [-0.25, -0.2) is 0 Å². The van der Waals surface area contributed by atoms with Gasteiger partial charge in [-0.15, -0.1) is 0 Å². The van der Waals surface area contributed by atoms with Crippen molar-refractivity contribution < 1.29 is 14.3 Å². The Bertz CT molecular complexity index is 1220. The molecule has 0 atom stereocenters. The lowest BCUT2D eigenvalue weighted by atomic mass is 10.0. The molecule has 3 aromatic rings. The number of para-hydroxylation sites is 1. The molecule has 29 heavy (non-hydrogen) atoms. The van der Waals surface area contributed by atoms with Gasteiger partial charge in [0, 0.05) is 31.2 Å². The van der Waals surface area contributed by atoms with E-state index in [2.05, 4.69) is 42.5 Å². The maximum absolute atomic E-state index is 12.1. The summed E-state index contributed by atoms with van der Waals surface area (Å²) in [5.74, 6) is 0.0251. The first-order valence-electron chi connectivity index (χ1n) is 9.01. The molecule has 140 valence electrons. The number of hydrogen-bond donors (Lipinski definition) is 0. The summed E-state index contributed by atoms with van der Waals surface area (Å²) in [6.07, 6.45) is 3.72. The van der Waals surface area contributed by atoms with Crippen molar-refractivity contribution in [2.75, 3.05) is 0 Å². The molecule has 1 aliphatic heterocycles. The van der Waals surface area contributed by atoms with Crippen molar-refractivity contribution in [3.05, 3.63) is 90.7 Å². The molecule has 3 nitrogen and oxygen atoms in total. The normalized spacial score (nSPS) is 14.8. The van der Waals surface area contributed by atoms with E-state index in [9.17, 15) is 9.59 Å². The Morgan fingerprint density at radius 1 is 0.690 bits per heavy atom. The van der Waals surface area contributed by atoms with Crippen molar-refractivity contribution in [3.63, 3.8) is 0 Å². The summed E-state index contributed by atoms with van der Waals surface area (Å²) in [4.78, 5) is 28.6. The van der Waals surface area contributed by atoms with Gasteiger partial charge >= 0.3 is 0 Å². The summed E-state index contributed by atoms with van der Waals surface area (Å²) < 4.78 is 5.85. The Morgan fingerprint density at radius 2 is 1.38 bits per heavy atom. The van der Waals surface area contributed by atoms with Gasteiger partial charge < -0.3 is 4.74 Å². The molecule has 0 saturated carbocycles. The van der Waals surface area contributed by atoms with Crippen LogP contribution in [-0.2, 0) is 9.59 Å². The molecule has 2 aliphatic rings. The van der Waals surface area contributed by atoms with E-state index in [1.165, 1.54) is 37.8 Å². The molecule has 0 saturated heterocycles. The number of allylic oxidation sites excluding steroid dienone is 3. The largest absolute Gasteiger partial charge is 0.452 e. The summed E-state index contributed by atoms with van der Waals surface area (Å²) in [5.41, 5.74) is 1.87. The molecule has 5 rings (SSSR count). The zero-order valence-corrected chi connectivity index (χ0v) is 16.8. The topological polar surface area (TPSA) is 43.4 Å². The molecule has 0 amide bonds. The third-order valence-electron chi connectivity index (χ3n) is 4.57. The van der Waals surface area contributed by atoms with Crippen molar-refractivity contribution in [1.82, 2.24) is 0 Å². The van der Waals surface area contributed by atoms with Crippen LogP contribution < -0.4 is 4.74 Å². The van der Waals surface area contributed by atoms with Gasteiger partial charge in [0.05, 0.1) is 0 Å². The van der Waals surface area contributed by atoms with E-state index in [4.69, 9.17) is 4.74 Å². The molecule has 0 radical (unpaired) electrons. The average molecular weight is 415 g/mol. The van der Waals surface area contributed by atoms with Crippen molar-refractivity contribution in [2.45, 2.75) is 19.6 Å². The second-order valence-corrected chi connectivity index (χ2v) is 8.69. The Labute approximate surface area is 176 Å². The lowest BCUT2D eigenvalue weighted by molar-refractivity contribution is -0.116. The van der Waals surface area contributed by atoms with Crippen molar-refractivity contribution in [2.24, 2.45) is 0 Å². The van der Waals surface area contributed by atoms with E-state index >= 15 is 0 Å². The lowest BCUT2D eigenvalue weighted by Crippen LogP contribution is -2.13. The van der Waals surface area contributed by atoms with Crippen LogP contribution in [0.4, 0.5) is 0 Å². The van der Waals surface area contributed by atoms with Gasteiger partial charge in [-0.2, -0.15) is 0 Å². The lowest BCUT2D eigenvalue weighted by Gasteiger charge is -2.19. The first kappa shape index (κ1) is 18.0. The first-order chi connectivity index (χ1) is 14.2. The molecule has 0 N–H and O–H groups in total. The first-order valence-corrected chi connectivity index (χ1v) is 10.6. The van der Waals surface area contributed by atoms with Crippen LogP contribution in [0.5, 0.6) is 5.75 Å². The summed E-state index contributed by atoms with van der Waals surface area (Å²) in [7, 11) is 0.